The van der Waals surface area contributed by atoms with Crippen LogP contribution in [0.4, 0.5) is 0 Å². The highest BCUT2D eigenvalue weighted by Gasteiger charge is 2.40. The molecule has 1 saturated carbocycles. The molecule has 1 atom stereocenters. The first-order valence-corrected chi connectivity index (χ1v) is 11.4. The first-order valence-electron chi connectivity index (χ1n) is 9.39. The van der Waals surface area contributed by atoms with Crippen LogP contribution in [0.25, 0.3) is 0 Å². The zero-order valence-corrected chi connectivity index (χ0v) is 17.0. The Kier molecular flexibility index (Phi) is 5.94. The molecular weight excluding hydrogens is 372 g/mol. The highest BCUT2D eigenvalue weighted by Crippen LogP contribution is 2.37. The molecule has 1 unspecified atom stereocenters. The number of carbonyl (C=O) groups excluding carboxylic acids is 1. The van der Waals surface area contributed by atoms with E-state index in [1.54, 1.807) is 6.92 Å². The van der Waals surface area contributed by atoms with Crippen LogP contribution in [0.15, 0.2) is 24.3 Å². The Hall–Kier alpha value is -1.11. The van der Waals surface area contributed by atoms with Crippen LogP contribution in [0, 0.1) is 5.92 Å². The summed E-state index contributed by atoms with van der Waals surface area (Å²) in [6.45, 7) is 4.62. The van der Waals surface area contributed by atoms with E-state index < -0.39 is 10.0 Å². The lowest BCUT2D eigenvalue weighted by Crippen LogP contribution is -2.46. The van der Waals surface area contributed by atoms with Gasteiger partial charge < -0.3 is 4.90 Å². The molecule has 1 amide bonds. The van der Waals surface area contributed by atoms with Crippen LogP contribution in [0.5, 0.6) is 0 Å². The third-order valence-electron chi connectivity index (χ3n) is 5.53. The number of hydrogen-bond donors (Lipinski definition) is 0. The van der Waals surface area contributed by atoms with E-state index in [1.165, 1.54) is 4.31 Å². The number of halogens is 1. The fraction of sp³-hybridized carbons (Fsp3) is 0.632. The molecular formula is C19H27ClN2O3S. The van der Waals surface area contributed by atoms with E-state index >= 15 is 0 Å². The van der Waals surface area contributed by atoms with E-state index in [0.29, 0.717) is 37.0 Å². The maximum atomic E-state index is 13.2. The molecule has 1 saturated heterocycles. The van der Waals surface area contributed by atoms with Crippen molar-refractivity contribution in [1.82, 2.24) is 9.21 Å². The number of carbonyl (C=O) groups is 1. The number of hydrogen-bond acceptors (Lipinski definition) is 3. The molecule has 0 radical (unpaired) electrons. The fourth-order valence-corrected chi connectivity index (χ4v) is 4.97. The van der Waals surface area contributed by atoms with E-state index in [1.807, 2.05) is 29.2 Å². The first kappa shape index (κ1) is 19.6. The maximum absolute atomic E-state index is 13.2. The zero-order valence-electron chi connectivity index (χ0n) is 15.4. The molecule has 0 aromatic heterocycles. The monoisotopic (exact) mass is 398 g/mol. The minimum Gasteiger partial charge on any atom is -0.333 e. The summed E-state index contributed by atoms with van der Waals surface area (Å²) in [7, 11) is -3.16. The van der Waals surface area contributed by atoms with Crippen LogP contribution in [0.1, 0.15) is 51.1 Å². The van der Waals surface area contributed by atoms with Gasteiger partial charge in [0.15, 0.2) is 0 Å². The van der Waals surface area contributed by atoms with Gasteiger partial charge in [0, 0.05) is 30.1 Å². The summed E-state index contributed by atoms with van der Waals surface area (Å²) < 4.78 is 25.6. The second kappa shape index (κ2) is 7.87. The highest BCUT2D eigenvalue weighted by molar-refractivity contribution is 7.89. The summed E-state index contributed by atoms with van der Waals surface area (Å²) in [5.74, 6) is 0.199. The fourth-order valence-electron chi connectivity index (χ4n) is 3.72. The predicted octanol–water partition coefficient (Wildman–Crippen LogP) is 3.45. The molecule has 1 aliphatic carbocycles. The Balaban J connectivity index is 1.69. The Labute approximate surface area is 161 Å². The van der Waals surface area contributed by atoms with Gasteiger partial charge in [0.05, 0.1) is 11.8 Å². The minimum atomic E-state index is -3.16. The number of nitrogens with zero attached hydrogens (tertiary/aromatic N) is 2. The second-order valence-corrected chi connectivity index (χ2v) is 9.97. The molecule has 1 aromatic carbocycles. The molecule has 5 nitrogen and oxygen atoms in total. The van der Waals surface area contributed by atoms with Crippen molar-refractivity contribution >= 4 is 27.5 Å². The normalized spacial score (nSPS) is 20.7. The molecule has 2 fully saturated rings. The van der Waals surface area contributed by atoms with Gasteiger partial charge >= 0.3 is 0 Å². The van der Waals surface area contributed by atoms with Gasteiger partial charge in [-0.2, -0.15) is 0 Å². The summed E-state index contributed by atoms with van der Waals surface area (Å²) >= 11 is 5.98. The highest BCUT2D eigenvalue weighted by atomic mass is 35.5. The van der Waals surface area contributed by atoms with E-state index in [9.17, 15) is 13.2 Å². The molecule has 1 aliphatic heterocycles. The Morgan fingerprint density at radius 2 is 1.77 bits per heavy atom. The van der Waals surface area contributed by atoms with E-state index in [0.717, 1.165) is 18.4 Å². The van der Waals surface area contributed by atoms with Gasteiger partial charge in [0.2, 0.25) is 15.9 Å². The standard InChI is InChI=1S/C19H27ClN2O3S/c1-3-26(24,25)21-12-10-16(11-13-21)19(23)22(18-8-9-18)14(2)15-4-6-17(20)7-5-15/h4-7,14,16,18H,3,8-13H2,1-2H3. The molecule has 144 valence electrons. The maximum Gasteiger partial charge on any atom is 0.226 e. The van der Waals surface area contributed by atoms with Gasteiger partial charge in [-0.25, -0.2) is 12.7 Å². The zero-order chi connectivity index (χ0) is 18.9. The van der Waals surface area contributed by atoms with Crippen molar-refractivity contribution in [3.63, 3.8) is 0 Å². The van der Waals surface area contributed by atoms with Crippen molar-refractivity contribution in [3.05, 3.63) is 34.9 Å². The largest absolute Gasteiger partial charge is 0.333 e. The topological polar surface area (TPSA) is 57.7 Å². The van der Waals surface area contributed by atoms with Gasteiger partial charge in [-0.3, -0.25) is 4.79 Å². The summed E-state index contributed by atoms with van der Waals surface area (Å²) in [4.78, 5) is 15.2. The Bertz CT molecular complexity index is 739. The van der Waals surface area contributed by atoms with Crippen LogP contribution < -0.4 is 0 Å². The van der Waals surface area contributed by atoms with Crippen LogP contribution in [0.2, 0.25) is 5.02 Å². The number of benzene rings is 1. The van der Waals surface area contributed by atoms with Crippen molar-refractivity contribution in [2.75, 3.05) is 18.8 Å². The molecule has 2 aliphatic rings. The van der Waals surface area contributed by atoms with Crippen LogP contribution in [0.3, 0.4) is 0 Å². The first-order chi connectivity index (χ1) is 12.3. The number of amides is 1. The summed E-state index contributed by atoms with van der Waals surface area (Å²) in [6, 6.07) is 7.99. The molecule has 3 rings (SSSR count). The second-order valence-electron chi connectivity index (χ2n) is 7.28. The summed E-state index contributed by atoms with van der Waals surface area (Å²) in [5.41, 5.74) is 1.08. The molecule has 26 heavy (non-hydrogen) atoms. The van der Waals surface area contributed by atoms with Gasteiger partial charge in [-0.05, 0) is 57.2 Å². The van der Waals surface area contributed by atoms with Gasteiger partial charge in [0.25, 0.3) is 0 Å². The lowest BCUT2D eigenvalue weighted by molar-refractivity contribution is -0.139. The van der Waals surface area contributed by atoms with Crippen molar-refractivity contribution in [2.45, 2.75) is 51.6 Å². The number of sulfonamides is 1. The van der Waals surface area contributed by atoms with Gasteiger partial charge in [-0.1, -0.05) is 23.7 Å². The third-order valence-corrected chi connectivity index (χ3v) is 7.66. The Morgan fingerprint density at radius 1 is 1.19 bits per heavy atom. The van der Waals surface area contributed by atoms with Gasteiger partial charge in [-0.15, -0.1) is 0 Å². The smallest absolute Gasteiger partial charge is 0.226 e. The van der Waals surface area contributed by atoms with Crippen molar-refractivity contribution < 1.29 is 13.2 Å². The summed E-state index contributed by atoms with van der Waals surface area (Å²) in [6.07, 6.45) is 3.31. The summed E-state index contributed by atoms with van der Waals surface area (Å²) in [5, 5.41) is 0.690. The van der Waals surface area contributed by atoms with Crippen LogP contribution >= 0.6 is 11.6 Å². The van der Waals surface area contributed by atoms with Gasteiger partial charge in [0.1, 0.15) is 0 Å². The molecule has 0 bridgehead atoms. The predicted molar refractivity (Wildman–Crippen MR) is 103 cm³/mol. The minimum absolute atomic E-state index is 0.00432. The van der Waals surface area contributed by atoms with E-state index in [4.69, 9.17) is 11.6 Å². The lowest BCUT2D eigenvalue weighted by Gasteiger charge is -2.36. The Morgan fingerprint density at radius 3 is 2.27 bits per heavy atom. The average Bonchev–Trinajstić information content (AvgIpc) is 3.47. The van der Waals surface area contributed by atoms with E-state index in [2.05, 4.69) is 6.92 Å². The van der Waals surface area contributed by atoms with Crippen molar-refractivity contribution in [3.8, 4) is 0 Å². The van der Waals surface area contributed by atoms with Crippen molar-refractivity contribution in [2.24, 2.45) is 5.92 Å². The average molecular weight is 399 g/mol. The molecule has 0 spiro atoms. The van der Waals surface area contributed by atoms with E-state index in [-0.39, 0.29) is 23.6 Å². The SMILES string of the molecule is CCS(=O)(=O)N1CCC(C(=O)N(C2CC2)C(C)c2ccc(Cl)cc2)CC1. The lowest BCUT2D eigenvalue weighted by atomic mass is 9.95. The quantitative estimate of drug-likeness (QED) is 0.737. The third kappa shape index (κ3) is 4.24. The number of piperidine rings is 1. The van der Waals surface area contributed by atoms with Crippen LogP contribution in [-0.4, -0.2) is 48.4 Å². The molecule has 7 heteroatoms. The number of rotatable bonds is 6. The van der Waals surface area contributed by atoms with Crippen molar-refractivity contribution in [1.29, 1.82) is 0 Å². The van der Waals surface area contributed by atoms with Crippen LogP contribution in [-0.2, 0) is 14.8 Å². The molecule has 1 heterocycles. The molecule has 0 N–H and O–H groups in total. The molecule has 1 aromatic rings.